The van der Waals surface area contributed by atoms with E-state index >= 15 is 0 Å². The quantitative estimate of drug-likeness (QED) is 0.433. The Morgan fingerprint density at radius 1 is 1.00 bits per heavy atom. The first-order chi connectivity index (χ1) is 6.89. The fourth-order valence-corrected chi connectivity index (χ4v) is 3.32. The van der Waals surface area contributed by atoms with Gasteiger partial charge in [0, 0.05) is 0 Å². The van der Waals surface area contributed by atoms with Crippen molar-refractivity contribution in [1.29, 1.82) is 0 Å². The molecule has 10 heteroatoms. The molecule has 0 bridgehead atoms. The molecule has 8 nitrogen and oxygen atoms in total. The number of hydrogen-bond acceptors (Lipinski definition) is 3. The van der Waals surface area contributed by atoms with Crippen LogP contribution >= 0.6 is 15.2 Å². The Labute approximate surface area is 91.6 Å². The van der Waals surface area contributed by atoms with Crippen molar-refractivity contribution in [2.24, 2.45) is 5.92 Å². The minimum atomic E-state index is -4.95. The number of carbonyl (C=O) groups is 1. The van der Waals surface area contributed by atoms with Gasteiger partial charge in [0.2, 0.25) is 0 Å². The van der Waals surface area contributed by atoms with Gasteiger partial charge in [-0.3, -0.25) is 13.9 Å². The van der Waals surface area contributed by atoms with Gasteiger partial charge in [0.15, 0.2) is 5.66 Å². The second-order valence-electron chi connectivity index (χ2n) is 3.56. The Balaban J connectivity index is 5.21. The second kappa shape index (κ2) is 4.96. The lowest BCUT2D eigenvalue weighted by molar-refractivity contribution is -0.137. The number of hydrogen-bond donors (Lipinski definition) is 5. The molecule has 0 aromatic carbocycles. The molecular weight excluding hydrogens is 262 g/mol. The van der Waals surface area contributed by atoms with Gasteiger partial charge in [-0.15, -0.1) is 0 Å². The lowest BCUT2D eigenvalue weighted by Gasteiger charge is -2.26. The molecular formula is C6H14O8P2. The third kappa shape index (κ3) is 3.97. The van der Waals surface area contributed by atoms with Crippen molar-refractivity contribution < 1.29 is 38.6 Å². The summed E-state index contributed by atoms with van der Waals surface area (Å²) in [4.78, 5) is 45.9. The van der Waals surface area contributed by atoms with Crippen LogP contribution in [0.3, 0.4) is 0 Å². The molecule has 3 atom stereocenters. The van der Waals surface area contributed by atoms with Crippen LogP contribution < -0.4 is 0 Å². The third-order valence-electron chi connectivity index (χ3n) is 2.40. The zero-order valence-electron chi connectivity index (χ0n) is 8.59. The van der Waals surface area contributed by atoms with E-state index in [0.717, 1.165) is 13.8 Å². The molecule has 0 radical (unpaired) electrons. The van der Waals surface area contributed by atoms with Crippen LogP contribution in [0.25, 0.3) is 0 Å². The summed E-state index contributed by atoms with van der Waals surface area (Å²) in [6, 6.07) is 0. The van der Waals surface area contributed by atoms with Crippen LogP contribution in [0.15, 0.2) is 0 Å². The average molecular weight is 276 g/mol. The molecule has 5 N–H and O–H groups in total. The van der Waals surface area contributed by atoms with Crippen molar-refractivity contribution in [2.45, 2.75) is 25.2 Å². The number of carboxylic acid groups (broad SMARTS) is 1. The lowest BCUT2D eigenvalue weighted by Crippen LogP contribution is -2.34. The van der Waals surface area contributed by atoms with Gasteiger partial charge in [-0.05, 0) is 5.92 Å². The van der Waals surface area contributed by atoms with Gasteiger partial charge in [-0.25, -0.2) is 0 Å². The molecule has 0 aliphatic rings. The molecule has 3 unspecified atom stereocenters. The maximum atomic E-state index is 10.9. The zero-order valence-corrected chi connectivity index (χ0v) is 10.4. The summed E-state index contributed by atoms with van der Waals surface area (Å²) in [5.74, 6) is -3.12. The summed E-state index contributed by atoms with van der Waals surface area (Å²) >= 11 is 0. The normalized spacial score (nSPS) is 18.9. The first-order valence-electron chi connectivity index (χ1n) is 4.22. The highest BCUT2D eigenvalue weighted by Gasteiger charge is 2.46. The van der Waals surface area contributed by atoms with Crippen molar-refractivity contribution in [3.05, 3.63) is 0 Å². The van der Waals surface area contributed by atoms with E-state index in [0.29, 0.717) is 0 Å². The van der Waals surface area contributed by atoms with E-state index in [1.54, 1.807) is 0 Å². The minimum Gasteiger partial charge on any atom is -0.481 e. The van der Waals surface area contributed by atoms with E-state index in [4.69, 9.17) is 24.7 Å². The summed E-state index contributed by atoms with van der Waals surface area (Å²) in [7, 11) is -9.54. The van der Waals surface area contributed by atoms with E-state index in [9.17, 15) is 13.9 Å². The van der Waals surface area contributed by atoms with Crippen molar-refractivity contribution in [3.63, 3.8) is 0 Å². The molecule has 0 spiro atoms. The van der Waals surface area contributed by atoms with Crippen LogP contribution in [0.1, 0.15) is 13.8 Å². The first-order valence-corrected chi connectivity index (χ1v) is 7.58. The highest BCUT2D eigenvalue weighted by Crippen LogP contribution is 2.52. The summed E-state index contributed by atoms with van der Waals surface area (Å²) in [6.07, 6.45) is 0. The SMILES string of the molecule is CC(C(C)P(=O)(O)O)C(C(=O)O)P(=O)(O)O. The summed E-state index contributed by atoms with van der Waals surface area (Å²) in [5, 5.41) is 8.65. The molecule has 0 aliphatic heterocycles. The van der Waals surface area contributed by atoms with E-state index in [1.165, 1.54) is 0 Å². The highest BCUT2D eigenvalue weighted by molar-refractivity contribution is 7.54. The highest BCUT2D eigenvalue weighted by atomic mass is 31.2. The molecule has 16 heavy (non-hydrogen) atoms. The first kappa shape index (κ1) is 15.8. The third-order valence-corrected chi connectivity index (χ3v) is 5.35. The van der Waals surface area contributed by atoms with E-state index in [-0.39, 0.29) is 0 Å². The number of rotatable bonds is 5. The molecule has 0 fully saturated rings. The largest absolute Gasteiger partial charge is 0.481 e. The van der Waals surface area contributed by atoms with Gasteiger partial charge in [0.1, 0.15) is 0 Å². The van der Waals surface area contributed by atoms with E-state index in [2.05, 4.69) is 0 Å². The monoisotopic (exact) mass is 276 g/mol. The lowest BCUT2D eigenvalue weighted by atomic mass is 10.0. The smallest absolute Gasteiger partial charge is 0.340 e. The Hall–Kier alpha value is -0.230. The molecule has 0 saturated heterocycles. The summed E-state index contributed by atoms with van der Waals surface area (Å²) < 4.78 is 21.8. The van der Waals surface area contributed by atoms with Crippen LogP contribution in [-0.4, -0.2) is 42.0 Å². The predicted molar refractivity (Wildman–Crippen MR) is 54.1 cm³/mol. The van der Waals surface area contributed by atoms with Gasteiger partial charge in [0.25, 0.3) is 0 Å². The molecule has 0 aliphatic carbocycles. The molecule has 0 saturated carbocycles. The molecule has 96 valence electrons. The van der Waals surface area contributed by atoms with Crippen LogP contribution in [0.4, 0.5) is 0 Å². The van der Waals surface area contributed by atoms with Crippen LogP contribution in [0.2, 0.25) is 0 Å². The Morgan fingerprint density at radius 2 is 1.38 bits per heavy atom. The Kier molecular flexibility index (Phi) is 4.89. The minimum absolute atomic E-state index is 1.05. The molecule has 0 rings (SSSR count). The van der Waals surface area contributed by atoms with Crippen molar-refractivity contribution in [1.82, 2.24) is 0 Å². The Bertz CT molecular complexity index is 354. The topological polar surface area (TPSA) is 152 Å². The van der Waals surface area contributed by atoms with E-state index in [1.807, 2.05) is 0 Å². The zero-order chi connectivity index (χ0) is 13.3. The van der Waals surface area contributed by atoms with Crippen LogP contribution in [0, 0.1) is 5.92 Å². The van der Waals surface area contributed by atoms with Gasteiger partial charge in [0.05, 0.1) is 5.66 Å². The maximum Gasteiger partial charge on any atom is 0.340 e. The standard InChI is InChI=1S/C6H14O8P2/c1-3(4(2)15(9,10)11)5(6(7)8)16(12,13)14/h3-5H,1-2H3,(H,7,8)(H2,9,10,11)(H2,12,13,14). The van der Waals surface area contributed by atoms with Crippen molar-refractivity contribution in [3.8, 4) is 0 Å². The summed E-state index contributed by atoms with van der Waals surface area (Å²) in [6.45, 7) is 2.14. The molecule has 0 aromatic heterocycles. The second-order valence-corrected chi connectivity index (χ2v) is 7.29. The van der Waals surface area contributed by atoms with E-state index < -0.39 is 38.4 Å². The van der Waals surface area contributed by atoms with Crippen LogP contribution in [0.5, 0.6) is 0 Å². The van der Waals surface area contributed by atoms with Gasteiger partial charge in [-0.2, -0.15) is 0 Å². The molecule has 0 heterocycles. The van der Waals surface area contributed by atoms with Crippen molar-refractivity contribution in [2.75, 3.05) is 0 Å². The number of aliphatic carboxylic acids is 1. The predicted octanol–water partition coefficient (Wildman–Crippen LogP) is -0.180. The maximum absolute atomic E-state index is 10.9. The van der Waals surface area contributed by atoms with Gasteiger partial charge >= 0.3 is 21.2 Å². The number of carboxylic acids is 1. The fourth-order valence-electron chi connectivity index (χ4n) is 1.25. The average Bonchev–Trinajstić information content (AvgIpc) is 1.97. The van der Waals surface area contributed by atoms with Crippen LogP contribution in [-0.2, 0) is 13.9 Å². The fraction of sp³-hybridized carbons (Fsp3) is 0.833. The van der Waals surface area contributed by atoms with Crippen molar-refractivity contribution >= 4 is 21.2 Å². The van der Waals surface area contributed by atoms with Gasteiger partial charge in [-0.1, -0.05) is 13.8 Å². The Morgan fingerprint density at radius 3 is 1.56 bits per heavy atom. The van der Waals surface area contributed by atoms with Gasteiger partial charge < -0.3 is 24.7 Å². The molecule has 0 aromatic rings. The molecule has 0 amide bonds. The summed E-state index contributed by atoms with van der Waals surface area (Å²) in [5.41, 5.74) is -3.56.